The second-order valence-electron chi connectivity index (χ2n) is 3.74. The van der Waals surface area contributed by atoms with Crippen molar-refractivity contribution in [1.82, 2.24) is 14.5 Å². The molecular formula is C10H10BrN3. The van der Waals surface area contributed by atoms with E-state index in [-0.39, 0.29) is 0 Å². The van der Waals surface area contributed by atoms with E-state index in [9.17, 15) is 0 Å². The maximum absolute atomic E-state index is 4.50. The van der Waals surface area contributed by atoms with Gasteiger partial charge < -0.3 is 4.57 Å². The molecule has 0 unspecified atom stereocenters. The highest BCUT2D eigenvalue weighted by molar-refractivity contribution is 9.10. The van der Waals surface area contributed by atoms with Crippen LogP contribution in [0.3, 0.4) is 0 Å². The number of hydrogen-bond acceptors (Lipinski definition) is 2. The fraction of sp³-hybridized carbons (Fsp3) is 0.400. The Morgan fingerprint density at radius 2 is 2.14 bits per heavy atom. The molecular weight excluding hydrogens is 242 g/mol. The molecule has 0 bridgehead atoms. The lowest BCUT2D eigenvalue weighted by atomic mass is 10.4. The number of aryl methyl sites for hydroxylation is 1. The first-order chi connectivity index (χ1) is 6.75. The van der Waals surface area contributed by atoms with Gasteiger partial charge >= 0.3 is 0 Å². The smallest absolute Gasteiger partial charge is 0.161 e. The van der Waals surface area contributed by atoms with Gasteiger partial charge in [0.2, 0.25) is 0 Å². The molecule has 3 nitrogen and oxygen atoms in total. The first kappa shape index (κ1) is 8.41. The maximum Gasteiger partial charge on any atom is 0.161 e. The first-order valence-electron chi connectivity index (χ1n) is 4.77. The summed E-state index contributed by atoms with van der Waals surface area (Å²) < 4.78 is 3.13. The molecule has 4 heteroatoms. The minimum absolute atomic E-state index is 0.641. The Bertz CT molecular complexity index is 499. The largest absolute Gasteiger partial charge is 0.310 e. The Kier molecular flexibility index (Phi) is 1.68. The van der Waals surface area contributed by atoms with Gasteiger partial charge in [0.15, 0.2) is 5.65 Å². The van der Waals surface area contributed by atoms with E-state index in [1.54, 1.807) is 0 Å². The van der Waals surface area contributed by atoms with Gasteiger partial charge in [-0.1, -0.05) is 0 Å². The highest BCUT2D eigenvalue weighted by atomic mass is 79.9. The number of imidazole rings is 1. The monoisotopic (exact) mass is 251 g/mol. The van der Waals surface area contributed by atoms with Gasteiger partial charge in [0.05, 0.1) is 0 Å². The van der Waals surface area contributed by atoms with Gasteiger partial charge in [-0.25, -0.2) is 9.97 Å². The van der Waals surface area contributed by atoms with E-state index in [4.69, 9.17) is 0 Å². The standard InChI is InChI=1S/C10H10BrN3/c1-6-12-8-4-5-9(11)13-10(8)14(6)7-2-3-7/h4-5,7H,2-3H2,1H3. The van der Waals surface area contributed by atoms with Crippen molar-refractivity contribution >= 4 is 27.1 Å². The molecule has 1 aliphatic rings. The maximum atomic E-state index is 4.50. The quantitative estimate of drug-likeness (QED) is 0.730. The summed E-state index contributed by atoms with van der Waals surface area (Å²) in [5.74, 6) is 1.08. The van der Waals surface area contributed by atoms with Crippen molar-refractivity contribution in [3.8, 4) is 0 Å². The molecule has 2 heterocycles. The number of hydrogen-bond donors (Lipinski definition) is 0. The molecule has 72 valence electrons. The molecule has 0 aromatic carbocycles. The second kappa shape index (κ2) is 2.79. The zero-order chi connectivity index (χ0) is 9.71. The Morgan fingerprint density at radius 1 is 1.36 bits per heavy atom. The van der Waals surface area contributed by atoms with Gasteiger partial charge in [-0.2, -0.15) is 0 Å². The van der Waals surface area contributed by atoms with Gasteiger partial charge in [-0.05, 0) is 47.8 Å². The van der Waals surface area contributed by atoms with Crippen molar-refractivity contribution in [3.05, 3.63) is 22.6 Å². The van der Waals surface area contributed by atoms with E-state index in [1.807, 2.05) is 19.1 Å². The molecule has 2 aromatic rings. The zero-order valence-electron chi connectivity index (χ0n) is 7.87. The lowest BCUT2D eigenvalue weighted by molar-refractivity contribution is 0.726. The molecule has 14 heavy (non-hydrogen) atoms. The molecule has 0 radical (unpaired) electrons. The number of fused-ring (bicyclic) bond motifs is 1. The molecule has 0 aliphatic heterocycles. The molecule has 1 saturated carbocycles. The van der Waals surface area contributed by atoms with Crippen LogP contribution in [-0.4, -0.2) is 14.5 Å². The summed E-state index contributed by atoms with van der Waals surface area (Å²) in [6.07, 6.45) is 2.53. The topological polar surface area (TPSA) is 30.7 Å². The van der Waals surface area contributed by atoms with Crippen LogP contribution >= 0.6 is 15.9 Å². The fourth-order valence-electron chi connectivity index (χ4n) is 1.83. The summed E-state index contributed by atoms with van der Waals surface area (Å²) in [6, 6.07) is 4.59. The summed E-state index contributed by atoms with van der Waals surface area (Å²) in [4.78, 5) is 8.97. The van der Waals surface area contributed by atoms with Crippen LogP contribution in [0.4, 0.5) is 0 Å². The Labute approximate surface area is 90.3 Å². The van der Waals surface area contributed by atoms with Crippen LogP contribution in [0.25, 0.3) is 11.2 Å². The zero-order valence-corrected chi connectivity index (χ0v) is 9.45. The molecule has 0 saturated heterocycles. The Morgan fingerprint density at radius 3 is 2.86 bits per heavy atom. The van der Waals surface area contributed by atoms with Crippen molar-refractivity contribution in [2.75, 3.05) is 0 Å². The number of nitrogens with zero attached hydrogens (tertiary/aromatic N) is 3. The molecule has 0 atom stereocenters. The van der Waals surface area contributed by atoms with Crippen LogP contribution in [-0.2, 0) is 0 Å². The van der Waals surface area contributed by atoms with Crippen LogP contribution in [0, 0.1) is 6.92 Å². The lowest BCUT2D eigenvalue weighted by Gasteiger charge is -2.02. The fourth-order valence-corrected chi connectivity index (χ4v) is 2.13. The lowest BCUT2D eigenvalue weighted by Crippen LogP contribution is -1.97. The second-order valence-corrected chi connectivity index (χ2v) is 4.55. The Hall–Kier alpha value is -0.900. The molecule has 1 fully saturated rings. The van der Waals surface area contributed by atoms with Gasteiger partial charge in [0.1, 0.15) is 15.9 Å². The SMILES string of the molecule is Cc1nc2ccc(Br)nc2n1C1CC1. The normalized spacial score (nSPS) is 16.4. The predicted molar refractivity (Wildman–Crippen MR) is 58.2 cm³/mol. The molecule has 2 aromatic heterocycles. The highest BCUT2D eigenvalue weighted by Gasteiger charge is 2.27. The van der Waals surface area contributed by atoms with E-state index < -0.39 is 0 Å². The summed E-state index contributed by atoms with van der Waals surface area (Å²) in [5, 5.41) is 0. The van der Waals surface area contributed by atoms with Crippen molar-refractivity contribution in [3.63, 3.8) is 0 Å². The van der Waals surface area contributed by atoms with Gasteiger partial charge in [0, 0.05) is 6.04 Å². The molecule has 1 aliphatic carbocycles. The number of rotatable bonds is 1. The van der Waals surface area contributed by atoms with E-state index >= 15 is 0 Å². The Balaban J connectivity index is 2.34. The number of aromatic nitrogens is 3. The van der Waals surface area contributed by atoms with E-state index in [0.29, 0.717) is 6.04 Å². The molecule has 0 N–H and O–H groups in total. The minimum atomic E-state index is 0.641. The van der Waals surface area contributed by atoms with Gasteiger partial charge in [-0.3, -0.25) is 0 Å². The average molecular weight is 252 g/mol. The van der Waals surface area contributed by atoms with Gasteiger partial charge in [-0.15, -0.1) is 0 Å². The van der Waals surface area contributed by atoms with Crippen molar-refractivity contribution in [2.24, 2.45) is 0 Å². The molecule has 0 spiro atoms. The average Bonchev–Trinajstić information content (AvgIpc) is 2.90. The summed E-state index contributed by atoms with van der Waals surface area (Å²) in [6.45, 7) is 2.05. The van der Waals surface area contributed by atoms with Gasteiger partial charge in [0.25, 0.3) is 0 Å². The number of pyridine rings is 1. The van der Waals surface area contributed by atoms with Crippen molar-refractivity contribution in [2.45, 2.75) is 25.8 Å². The molecule has 3 rings (SSSR count). The number of halogens is 1. The summed E-state index contributed by atoms with van der Waals surface area (Å²) in [7, 11) is 0. The summed E-state index contributed by atoms with van der Waals surface area (Å²) in [5.41, 5.74) is 2.01. The van der Waals surface area contributed by atoms with Crippen LogP contribution in [0.1, 0.15) is 24.7 Å². The van der Waals surface area contributed by atoms with E-state index in [1.165, 1.54) is 12.8 Å². The van der Waals surface area contributed by atoms with Crippen LogP contribution in [0.15, 0.2) is 16.7 Å². The molecule has 0 amide bonds. The van der Waals surface area contributed by atoms with Crippen molar-refractivity contribution < 1.29 is 0 Å². The third-order valence-corrected chi connectivity index (χ3v) is 3.03. The first-order valence-corrected chi connectivity index (χ1v) is 5.56. The minimum Gasteiger partial charge on any atom is -0.310 e. The third-order valence-electron chi connectivity index (χ3n) is 2.59. The highest BCUT2D eigenvalue weighted by Crippen LogP contribution is 2.38. The van der Waals surface area contributed by atoms with Crippen LogP contribution in [0.5, 0.6) is 0 Å². The third kappa shape index (κ3) is 1.17. The van der Waals surface area contributed by atoms with Crippen LogP contribution in [0.2, 0.25) is 0 Å². The van der Waals surface area contributed by atoms with E-state index in [0.717, 1.165) is 21.6 Å². The van der Waals surface area contributed by atoms with Crippen LogP contribution < -0.4 is 0 Å². The summed E-state index contributed by atoms with van der Waals surface area (Å²) >= 11 is 3.39. The predicted octanol–water partition coefficient (Wildman–Crippen LogP) is 2.84. The van der Waals surface area contributed by atoms with Crippen molar-refractivity contribution in [1.29, 1.82) is 0 Å². The van der Waals surface area contributed by atoms with E-state index in [2.05, 4.69) is 30.5 Å².